The van der Waals surface area contributed by atoms with Crippen molar-refractivity contribution in [1.29, 1.82) is 0 Å². The van der Waals surface area contributed by atoms with Gasteiger partial charge in [0, 0.05) is 23.4 Å². The lowest BCUT2D eigenvalue weighted by molar-refractivity contribution is -0.140. The third-order valence-electron chi connectivity index (χ3n) is 12.0. The van der Waals surface area contributed by atoms with Crippen molar-refractivity contribution in [3.63, 3.8) is 0 Å². The van der Waals surface area contributed by atoms with Crippen LogP contribution in [0.2, 0.25) is 0 Å². The number of fused-ring (bicyclic) bond motifs is 3. The number of methoxy groups -OCH3 is 1. The molecule has 4 aliphatic rings. The van der Waals surface area contributed by atoms with Crippen LogP contribution in [0, 0.1) is 12.8 Å². The van der Waals surface area contributed by atoms with Crippen LogP contribution in [-0.2, 0) is 24.4 Å². The summed E-state index contributed by atoms with van der Waals surface area (Å²) in [5.74, 6) is -0.571. The average Bonchev–Trinajstić information content (AvgIpc) is 4.09. The van der Waals surface area contributed by atoms with Gasteiger partial charge in [-0.3, -0.25) is 19.1 Å². The predicted molar refractivity (Wildman–Crippen MR) is 222 cm³/mol. The Morgan fingerprint density at radius 3 is 2.56 bits per heavy atom. The number of benzene rings is 2. The number of aromatic nitrogens is 2. The van der Waals surface area contributed by atoms with E-state index in [0.717, 1.165) is 48.0 Å². The molecule has 2 aromatic heterocycles. The molecule has 1 saturated heterocycles. The highest BCUT2D eigenvalue weighted by Crippen LogP contribution is 2.46. The van der Waals surface area contributed by atoms with E-state index in [1.54, 1.807) is 18.3 Å². The first-order valence-electron chi connectivity index (χ1n) is 20.6. The molecule has 2 aliphatic heterocycles. The Bertz CT molecular complexity index is 2380. The van der Waals surface area contributed by atoms with Gasteiger partial charge in [0.2, 0.25) is 33.6 Å². The van der Waals surface area contributed by atoms with Gasteiger partial charge in [-0.05, 0) is 92.6 Å². The van der Waals surface area contributed by atoms with Gasteiger partial charge in [-0.25, -0.2) is 18.4 Å². The number of hydrogen-bond donors (Lipinski definition) is 3. The number of para-hydroxylation sites is 1. The Balaban J connectivity index is 1.15. The fourth-order valence-electron chi connectivity index (χ4n) is 8.25. The Labute approximate surface area is 344 Å². The number of ether oxygens (including phenoxy) is 2. The van der Waals surface area contributed by atoms with Crippen molar-refractivity contribution in [2.45, 2.75) is 113 Å². The van der Waals surface area contributed by atoms with Crippen LogP contribution in [0.3, 0.4) is 0 Å². The standard InChI is InChI=1S/C44H52N6O8S/c1-26(2)36-25-57-41(47-36)35-22-33-27(3)38(56-4)20-19-32(33)40(46-35)58-30-21-37-39(51)48-44(43(53)49-59(54,55)31-17-18-31)23-28(44)13-9-6-5-7-12-16-34(42(52)50(37)24-30)45-29-14-10-8-11-15-29/h8-11,13-15,19-20,22,25-26,28,30-31,34,37,45H,5-7,12,16-18,21,23-24H2,1-4H3,(H,48,51)(H,49,53)/t28-,30-,34+,37+,44-/m1/s1. The van der Waals surface area contributed by atoms with Crippen LogP contribution >= 0.6 is 0 Å². The molecule has 59 heavy (non-hydrogen) atoms. The molecule has 3 fully saturated rings. The van der Waals surface area contributed by atoms with Crippen LogP contribution in [0.5, 0.6) is 11.6 Å². The number of nitrogens with zero attached hydrogens (tertiary/aromatic N) is 3. The maximum absolute atomic E-state index is 14.8. The van der Waals surface area contributed by atoms with Gasteiger partial charge in [0.1, 0.15) is 41.4 Å². The zero-order valence-electron chi connectivity index (χ0n) is 33.9. The van der Waals surface area contributed by atoms with Gasteiger partial charge in [-0.2, -0.15) is 0 Å². The molecule has 3 N–H and O–H groups in total. The van der Waals surface area contributed by atoms with Gasteiger partial charge in [-0.1, -0.05) is 57.0 Å². The number of anilines is 1. The number of allylic oxidation sites excluding steroid dienone is 1. The summed E-state index contributed by atoms with van der Waals surface area (Å²) in [6, 6.07) is 13.4. The van der Waals surface area contributed by atoms with Crippen LogP contribution in [0.4, 0.5) is 5.69 Å². The minimum Gasteiger partial charge on any atom is -0.496 e. The Morgan fingerprint density at radius 1 is 1.03 bits per heavy atom. The van der Waals surface area contributed by atoms with Crippen LogP contribution in [0.25, 0.3) is 22.4 Å². The normalized spacial score (nSPS) is 25.1. The fraction of sp³-hybridized carbons (Fsp3) is 0.477. The van der Waals surface area contributed by atoms with Crippen molar-refractivity contribution in [3.8, 4) is 23.2 Å². The van der Waals surface area contributed by atoms with Crippen molar-refractivity contribution in [2.24, 2.45) is 5.92 Å². The number of nitrogens with one attached hydrogen (secondary N) is 3. The molecular weight excluding hydrogens is 773 g/mol. The SMILES string of the molecule is COc1ccc2c(O[C@@H]3C[C@H]4C(=O)N[C@]5(C(=O)NS(=O)(=O)C6CC6)C[C@H]5C=CCCCCC[C@H](Nc5ccccc5)C(=O)N4C3)nc(-c3nc(C(C)C)co3)cc2c1C. The molecule has 15 heteroatoms. The number of sulfonamides is 1. The number of carbonyl (C=O) groups excluding carboxylic acids is 3. The van der Waals surface area contributed by atoms with Crippen LogP contribution in [-0.4, -0.2) is 83.6 Å². The summed E-state index contributed by atoms with van der Waals surface area (Å²) in [5, 5.41) is 7.29. The van der Waals surface area contributed by atoms with Gasteiger partial charge in [0.25, 0.3) is 5.91 Å². The first-order chi connectivity index (χ1) is 28.4. The zero-order valence-corrected chi connectivity index (χ0v) is 34.7. The Kier molecular flexibility index (Phi) is 11.2. The summed E-state index contributed by atoms with van der Waals surface area (Å²) < 4.78 is 46.5. The molecule has 4 aromatic rings. The van der Waals surface area contributed by atoms with Crippen LogP contribution in [0.1, 0.15) is 88.8 Å². The van der Waals surface area contributed by atoms with E-state index in [2.05, 4.69) is 20.3 Å². The summed E-state index contributed by atoms with van der Waals surface area (Å²) >= 11 is 0. The first-order valence-corrected chi connectivity index (χ1v) is 22.2. The molecule has 0 bridgehead atoms. The van der Waals surface area contributed by atoms with E-state index in [4.69, 9.17) is 18.9 Å². The lowest BCUT2D eigenvalue weighted by atomic mass is 10.0. The maximum atomic E-state index is 14.8. The molecule has 3 amide bonds. The van der Waals surface area contributed by atoms with Gasteiger partial charge >= 0.3 is 0 Å². The lowest BCUT2D eigenvalue weighted by Gasteiger charge is -2.30. The fourth-order valence-corrected chi connectivity index (χ4v) is 9.61. The van der Waals surface area contributed by atoms with E-state index < -0.39 is 56.7 Å². The maximum Gasteiger partial charge on any atom is 0.259 e. The molecule has 2 saturated carbocycles. The largest absolute Gasteiger partial charge is 0.496 e. The lowest BCUT2D eigenvalue weighted by Crippen LogP contribution is -2.57. The van der Waals surface area contributed by atoms with E-state index in [1.807, 2.05) is 81.5 Å². The molecule has 2 aliphatic carbocycles. The molecule has 14 nitrogen and oxygen atoms in total. The quantitative estimate of drug-likeness (QED) is 0.156. The molecule has 8 rings (SSSR count). The van der Waals surface area contributed by atoms with Crippen molar-refractivity contribution in [3.05, 3.63) is 78.2 Å². The molecule has 0 radical (unpaired) electrons. The molecule has 312 valence electrons. The molecule has 4 heterocycles. The number of pyridine rings is 1. The number of carbonyl (C=O) groups is 3. The van der Waals surface area contributed by atoms with Crippen molar-refractivity contribution in [2.75, 3.05) is 19.0 Å². The summed E-state index contributed by atoms with van der Waals surface area (Å²) in [5.41, 5.74) is 1.39. The summed E-state index contributed by atoms with van der Waals surface area (Å²) in [4.78, 5) is 54.5. The van der Waals surface area contributed by atoms with E-state index in [1.165, 1.54) is 0 Å². The number of aryl methyl sites for hydroxylation is 1. The summed E-state index contributed by atoms with van der Waals surface area (Å²) in [7, 11) is -2.27. The van der Waals surface area contributed by atoms with E-state index >= 15 is 0 Å². The van der Waals surface area contributed by atoms with Crippen LogP contribution in [0.15, 0.2) is 71.4 Å². The van der Waals surface area contributed by atoms with Gasteiger partial charge < -0.3 is 29.4 Å². The highest BCUT2D eigenvalue weighted by Gasteiger charge is 2.62. The highest BCUT2D eigenvalue weighted by molar-refractivity contribution is 7.91. The molecule has 0 unspecified atom stereocenters. The Morgan fingerprint density at radius 2 is 1.83 bits per heavy atom. The monoisotopic (exact) mass is 824 g/mol. The van der Waals surface area contributed by atoms with Gasteiger partial charge in [0.15, 0.2) is 0 Å². The first kappa shape index (κ1) is 40.3. The number of oxazole rings is 1. The van der Waals surface area contributed by atoms with Crippen molar-refractivity contribution in [1.82, 2.24) is 24.9 Å². The second kappa shape index (κ2) is 16.3. The summed E-state index contributed by atoms with van der Waals surface area (Å²) in [6.07, 6.45) is 9.95. The molecular formula is C44H52N6O8S. The number of rotatable bonds is 10. The zero-order chi connectivity index (χ0) is 41.5. The summed E-state index contributed by atoms with van der Waals surface area (Å²) in [6.45, 7) is 6.05. The minimum absolute atomic E-state index is 0.0571. The van der Waals surface area contributed by atoms with Crippen molar-refractivity contribution < 1.29 is 36.7 Å². The third-order valence-corrected chi connectivity index (χ3v) is 13.8. The molecule has 0 spiro atoms. The smallest absolute Gasteiger partial charge is 0.259 e. The van der Waals surface area contributed by atoms with E-state index in [0.29, 0.717) is 42.0 Å². The van der Waals surface area contributed by atoms with E-state index in [9.17, 15) is 22.8 Å². The third kappa shape index (κ3) is 8.39. The highest BCUT2D eigenvalue weighted by atomic mass is 32.2. The van der Waals surface area contributed by atoms with Crippen molar-refractivity contribution >= 4 is 44.2 Å². The molecule has 2 aromatic carbocycles. The number of hydrogen-bond acceptors (Lipinski definition) is 11. The second-order valence-corrected chi connectivity index (χ2v) is 18.6. The predicted octanol–water partition coefficient (Wildman–Crippen LogP) is 6.16. The average molecular weight is 825 g/mol. The number of amides is 3. The second-order valence-electron chi connectivity index (χ2n) is 16.6. The molecule has 5 atom stereocenters. The van der Waals surface area contributed by atoms with Crippen LogP contribution < -0.4 is 24.8 Å². The van der Waals surface area contributed by atoms with E-state index in [-0.39, 0.29) is 37.1 Å². The van der Waals surface area contributed by atoms with Gasteiger partial charge in [-0.15, -0.1) is 0 Å². The van der Waals surface area contributed by atoms with Gasteiger partial charge in [0.05, 0.1) is 24.6 Å². The topological polar surface area (TPSA) is 182 Å². The minimum atomic E-state index is -3.88. The Hall–Kier alpha value is -5.44.